The van der Waals surface area contributed by atoms with Crippen LogP contribution in [0, 0.1) is 5.82 Å². The van der Waals surface area contributed by atoms with Crippen LogP contribution < -0.4 is 5.32 Å². The normalized spacial score (nSPS) is 11.9. The molecule has 0 aliphatic carbocycles. The standard InChI is InChI=1S/C23H21FN2O4S/c1-31(29,30)14-25-12-20-19-11-17(24)9-10-21(19)26(22(20)23(27)28)13-16-7-4-6-15-5-2-3-8-18(15)16/h2-11,25H,12-14H2,1H3,(H,27,28). The van der Waals surface area contributed by atoms with Gasteiger partial charge in [0.15, 0.2) is 9.84 Å². The van der Waals surface area contributed by atoms with E-state index < -0.39 is 21.6 Å². The first-order valence-electron chi connectivity index (χ1n) is 9.63. The largest absolute Gasteiger partial charge is 0.477 e. The van der Waals surface area contributed by atoms with Gasteiger partial charge in [0.05, 0.1) is 5.88 Å². The molecule has 0 aliphatic rings. The second-order valence-corrected chi connectivity index (χ2v) is 9.66. The minimum atomic E-state index is -3.29. The summed E-state index contributed by atoms with van der Waals surface area (Å²) in [7, 11) is -3.29. The van der Waals surface area contributed by atoms with E-state index in [0.717, 1.165) is 22.6 Å². The summed E-state index contributed by atoms with van der Waals surface area (Å²) in [4.78, 5) is 12.3. The Bertz CT molecular complexity index is 1400. The third-order valence-corrected chi connectivity index (χ3v) is 5.94. The molecule has 1 heterocycles. The average Bonchev–Trinajstić information content (AvgIpc) is 3.00. The van der Waals surface area contributed by atoms with Crippen molar-refractivity contribution in [2.45, 2.75) is 13.1 Å². The topological polar surface area (TPSA) is 88.4 Å². The van der Waals surface area contributed by atoms with Crippen molar-refractivity contribution < 1.29 is 22.7 Å². The van der Waals surface area contributed by atoms with Gasteiger partial charge in [0.1, 0.15) is 11.5 Å². The molecule has 0 fully saturated rings. The van der Waals surface area contributed by atoms with Crippen LogP contribution in [0.3, 0.4) is 0 Å². The fourth-order valence-electron chi connectivity index (χ4n) is 3.95. The number of carboxylic acids is 1. The summed E-state index contributed by atoms with van der Waals surface area (Å²) in [5.74, 6) is -1.96. The summed E-state index contributed by atoms with van der Waals surface area (Å²) in [5, 5.41) is 15.3. The molecule has 160 valence electrons. The number of nitrogens with one attached hydrogen (secondary N) is 1. The first kappa shape index (κ1) is 21.0. The van der Waals surface area contributed by atoms with Crippen LogP contribution >= 0.6 is 0 Å². The Morgan fingerprint density at radius 3 is 2.55 bits per heavy atom. The molecule has 4 rings (SSSR count). The Kier molecular flexibility index (Phi) is 5.51. The van der Waals surface area contributed by atoms with Crippen LogP contribution in [-0.4, -0.2) is 36.2 Å². The van der Waals surface area contributed by atoms with Crippen molar-refractivity contribution in [2.24, 2.45) is 0 Å². The number of rotatable bonds is 7. The zero-order valence-electron chi connectivity index (χ0n) is 16.8. The molecule has 3 aromatic carbocycles. The van der Waals surface area contributed by atoms with Gasteiger partial charge in [0.25, 0.3) is 0 Å². The zero-order valence-corrected chi connectivity index (χ0v) is 17.6. The third kappa shape index (κ3) is 4.30. The summed E-state index contributed by atoms with van der Waals surface area (Å²) in [6.45, 7) is 0.258. The number of hydrogen-bond acceptors (Lipinski definition) is 4. The first-order valence-corrected chi connectivity index (χ1v) is 11.7. The number of fused-ring (bicyclic) bond motifs is 2. The summed E-state index contributed by atoms with van der Waals surface area (Å²) in [6.07, 6.45) is 1.08. The Morgan fingerprint density at radius 1 is 1.06 bits per heavy atom. The molecule has 0 amide bonds. The van der Waals surface area contributed by atoms with Gasteiger partial charge < -0.3 is 9.67 Å². The minimum Gasteiger partial charge on any atom is -0.477 e. The highest BCUT2D eigenvalue weighted by Crippen LogP contribution is 2.30. The smallest absolute Gasteiger partial charge is 0.352 e. The number of sulfone groups is 1. The highest BCUT2D eigenvalue weighted by atomic mass is 32.2. The van der Waals surface area contributed by atoms with Crippen molar-refractivity contribution in [1.82, 2.24) is 9.88 Å². The van der Waals surface area contributed by atoms with E-state index in [1.807, 2.05) is 42.5 Å². The van der Waals surface area contributed by atoms with E-state index in [1.165, 1.54) is 12.1 Å². The molecule has 2 N–H and O–H groups in total. The Morgan fingerprint density at radius 2 is 1.81 bits per heavy atom. The minimum absolute atomic E-state index is 0.00883. The molecule has 6 nitrogen and oxygen atoms in total. The van der Waals surface area contributed by atoms with Gasteiger partial charge in [-0.3, -0.25) is 5.32 Å². The van der Waals surface area contributed by atoms with E-state index in [-0.39, 0.29) is 24.7 Å². The number of benzene rings is 3. The molecule has 0 atom stereocenters. The van der Waals surface area contributed by atoms with Crippen LogP contribution in [0.1, 0.15) is 21.6 Å². The second-order valence-electron chi connectivity index (χ2n) is 7.52. The molecule has 0 spiro atoms. The second kappa shape index (κ2) is 8.13. The van der Waals surface area contributed by atoms with Crippen molar-refractivity contribution in [3.05, 3.63) is 83.3 Å². The van der Waals surface area contributed by atoms with E-state index >= 15 is 0 Å². The van der Waals surface area contributed by atoms with Crippen molar-refractivity contribution in [1.29, 1.82) is 0 Å². The maximum atomic E-state index is 14.0. The number of halogens is 1. The summed E-state index contributed by atoms with van der Waals surface area (Å²) >= 11 is 0. The zero-order chi connectivity index (χ0) is 22.2. The maximum Gasteiger partial charge on any atom is 0.352 e. The molecule has 0 saturated carbocycles. The number of carbonyl (C=O) groups is 1. The third-order valence-electron chi connectivity index (χ3n) is 5.21. The lowest BCUT2D eigenvalue weighted by molar-refractivity contribution is 0.0685. The van der Waals surface area contributed by atoms with Crippen molar-refractivity contribution in [3.63, 3.8) is 0 Å². The Labute approximate surface area is 178 Å². The first-order chi connectivity index (χ1) is 14.7. The Balaban J connectivity index is 1.88. The van der Waals surface area contributed by atoms with Gasteiger partial charge in [-0.05, 0) is 34.5 Å². The number of aromatic nitrogens is 1. The lowest BCUT2D eigenvalue weighted by Crippen LogP contribution is -2.23. The van der Waals surface area contributed by atoms with E-state index in [0.29, 0.717) is 16.5 Å². The highest BCUT2D eigenvalue weighted by molar-refractivity contribution is 7.90. The van der Waals surface area contributed by atoms with Crippen LogP contribution in [0.5, 0.6) is 0 Å². The van der Waals surface area contributed by atoms with Gasteiger partial charge in [-0.25, -0.2) is 17.6 Å². The van der Waals surface area contributed by atoms with Crippen molar-refractivity contribution in [2.75, 3.05) is 12.1 Å². The molecular formula is C23H21FN2O4S. The quantitative estimate of drug-likeness (QED) is 0.457. The molecule has 1 aromatic heterocycles. The molecule has 4 aromatic rings. The molecule has 0 unspecified atom stereocenters. The van der Waals surface area contributed by atoms with Crippen molar-refractivity contribution in [3.8, 4) is 0 Å². The highest BCUT2D eigenvalue weighted by Gasteiger charge is 2.23. The van der Waals surface area contributed by atoms with Crippen LogP contribution in [-0.2, 0) is 22.9 Å². The van der Waals surface area contributed by atoms with Gasteiger partial charge in [-0.2, -0.15) is 0 Å². The van der Waals surface area contributed by atoms with Gasteiger partial charge >= 0.3 is 5.97 Å². The van der Waals surface area contributed by atoms with Gasteiger partial charge in [0, 0.05) is 35.8 Å². The maximum absolute atomic E-state index is 14.0. The monoisotopic (exact) mass is 440 g/mol. The summed E-state index contributed by atoms with van der Waals surface area (Å²) in [5.41, 5.74) is 1.86. The van der Waals surface area contributed by atoms with Crippen LogP contribution in [0.15, 0.2) is 60.7 Å². The van der Waals surface area contributed by atoms with E-state index in [1.54, 1.807) is 10.6 Å². The predicted octanol–water partition coefficient (Wildman–Crippen LogP) is 3.77. The predicted molar refractivity (Wildman–Crippen MR) is 118 cm³/mol. The molecule has 0 aliphatic heterocycles. The molecule has 0 radical (unpaired) electrons. The van der Waals surface area contributed by atoms with E-state index in [9.17, 15) is 22.7 Å². The number of nitrogens with zero attached hydrogens (tertiary/aromatic N) is 1. The van der Waals surface area contributed by atoms with E-state index in [2.05, 4.69) is 5.32 Å². The summed E-state index contributed by atoms with van der Waals surface area (Å²) < 4.78 is 38.7. The number of carboxylic acid groups (broad SMARTS) is 1. The van der Waals surface area contributed by atoms with Crippen LogP contribution in [0.25, 0.3) is 21.7 Å². The van der Waals surface area contributed by atoms with Crippen LogP contribution in [0.2, 0.25) is 0 Å². The fraction of sp³-hybridized carbons (Fsp3) is 0.174. The molecule has 31 heavy (non-hydrogen) atoms. The van der Waals surface area contributed by atoms with Gasteiger partial charge in [-0.15, -0.1) is 0 Å². The summed E-state index contributed by atoms with van der Waals surface area (Å²) in [6, 6.07) is 17.8. The Hall–Kier alpha value is -3.23. The fourth-order valence-corrected chi connectivity index (χ4v) is 4.42. The van der Waals surface area contributed by atoms with Gasteiger partial charge in [-0.1, -0.05) is 42.5 Å². The molecule has 8 heteroatoms. The number of hydrogen-bond donors (Lipinski definition) is 2. The van der Waals surface area contributed by atoms with Crippen LogP contribution in [0.4, 0.5) is 4.39 Å². The SMILES string of the molecule is CS(=O)(=O)CNCc1c(C(=O)O)n(Cc2cccc3ccccc23)c2ccc(F)cc12. The lowest BCUT2D eigenvalue weighted by atomic mass is 10.0. The average molecular weight is 440 g/mol. The van der Waals surface area contributed by atoms with E-state index in [4.69, 9.17) is 0 Å². The molecular weight excluding hydrogens is 419 g/mol. The molecule has 0 bridgehead atoms. The lowest BCUT2D eigenvalue weighted by Gasteiger charge is -2.12. The molecule has 0 saturated heterocycles. The number of aromatic carboxylic acids is 1. The van der Waals surface area contributed by atoms with Gasteiger partial charge in [0.2, 0.25) is 0 Å². The van der Waals surface area contributed by atoms with Crippen molar-refractivity contribution >= 4 is 37.5 Å².